The molecular weight excluding hydrogens is 118 g/mol. The fourth-order valence-corrected chi connectivity index (χ4v) is 1.21. The number of nitrogens with one attached hydrogen (secondary N) is 1. The number of carboxylic acids is 1. The van der Waals surface area contributed by atoms with Gasteiger partial charge in [-0.15, -0.1) is 0 Å². The van der Waals surface area contributed by atoms with Crippen molar-refractivity contribution in [1.29, 1.82) is 0 Å². The van der Waals surface area contributed by atoms with Crippen LogP contribution in [0.3, 0.4) is 0 Å². The Kier molecular flexibility index (Phi) is 1.71. The molecule has 0 aromatic heterocycles. The smallest absolute Gasteiger partial charge is 0.362 e. The van der Waals surface area contributed by atoms with Gasteiger partial charge >= 0.3 is 5.97 Å². The highest BCUT2D eigenvalue weighted by Gasteiger charge is 2.37. The minimum atomic E-state index is -0.641. The summed E-state index contributed by atoms with van der Waals surface area (Å²) in [4.78, 5) is 11.5. The molecule has 2 unspecified atom stereocenters. The molecule has 0 aromatic carbocycles. The first-order chi connectivity index (χ1) is 4.25. The monoisotopic (exact) mass is 130 g/mol. The molecule has 1 aliphatic rings. The Balaban J connectivity index is 2.35. The fourth-order valence-electron chi connectivity index (χ4n) is 1.21. The maximum Gasteiger partial charge on any atom is 0.362 e. The van der Waals surface area contributed by atoms with Crippen LogP contribution in [0.5, 0.6) is 0 Å². The molecule has 1 heterocycles. The van der Waals surface area contributed by atoms with E-state index in [1.54, 1.807) is 0 Å². The number of quaternary nitrogens is 1. The van der Waals surface area contributed by atoms with Crippen LogP contribution in [0.15, 0.2) is 0 Å². The van der Waals surface area contributed by atoms with Gasteiger partial charge in [-0.3, -0.25) is 0 Å². The Morgan fingerprint density at radius 2 is 2.56 bits per heavy atom. The van der Waals surface area contributed by atoms with Crippen LogP contribution in [0.4, 0.5) is 0 Å². The molecule has 0 aliphatic carbocycles. The van der Waals surface area contributed by atoms with E-state index in [9.17, 15) is 4.79 Å². The van der Waals surface area contributed by atoms with Crippen molar-refractivity contribution < 1.29 is 14.8 Å². The number of hydrogen-bond acceptors (Lipinski definition) is 1. The lowest BCUT2D eigenvalue weighted by atomic mass is 10.0. The number of likely N-dealkylation sites (N-methyl/N-ethyl adjacent to an activating group) is 1. The SMILES string of the molecule is CC[NH+]1CCC1C(=O)O. The molecule has 1 saturated heterocycles. The van der Waals surface area contributed by atoms with E-state index < -0.39 is 5.97 Å². The number of carbonyl (C=O) groups is 1. The van der Waals surface area contributed by atoms with Gasteiger partial charge in [0.25, 0.3) is 0 Å². The third kappa shape index (κ3) is 1.05. The Labute approximate surface area is 54.3 Å². The molecule has 1 rings (SSSR count). The summed E-state index contributed by atoms with van der Waals surface area (Å²) in [7, 11) is 0. The van der Waals surface area contributed by atoms with E-state index in [1.165, 1.54) is 4.90 Å². The molecule has 0 spiro atoms. The van der Waals surface area contributed by atoms with Crippen LogP contribution < -0.4 is 4.90 Å². The third-order valence-corrected chi connectivity index (χ3v) is 2.00. The van der Waals surface area contributed by atoms with Gasteiger partial charge < -0.3 is 10.0 Å². The molecule has 0 aromatic rings. The van der Waals surface area contributed by atoms with Crippen LogP contribution in [0.2, 0.25) is 0 Å². The summed E-state index contributed by atoms with van der Waals surface area (Å²) < 4.78 is 0. The summed E-state index contributed by atoms with van der Waals surface area (Å²) in [5.41, 5.74) is 0. The highest BCUT2D eigenvalue weighted by Crippen LogP contribution is 1.93. The molecular formula is C6H12NO2+. The molecule has 3 heteroatoms. The van der Waals surface area contributed by atoms with Crippen molar-refractivity contribution in [3.8, 4) is 0 Å². The molecule has 3 nitrogen and oxygen atoms in total. The van der Waals surface area contributed by atoms with Crippen molar-refractivity contribution in [3.63, 3.8) is 0 Å². The van der Waals surface area contributed by atoms with Gasteiger partial charge in [0, 0.05) is 0 Å². The highest BCUT2D eigenvalue weighted by atomic mass is 16.4. The predicted octanol–water partition coefficient (Wildman–Crippen LogP) is -1.25. The maximum absolute atomic E-state index is 10.3. The summed E-state index contributed by atoms with van der Waals surface area (Å²) in [6, 6.07) is -0.102. The molecule has 2 N–H and O–H groups in total. The number of hydrogen-bond donors (Lipinski definition) is 2. The first-order valence-electron chi connectivity index (χ1n) is 3.33. The van der Waals surface area contributed by atoms with Gasteiger partial charge in [-0.05, 0) is 6.92 Å². The topological polar surface area (TPSA) is 41.7 Å². The first kappa shape index (κ1) is 6.55. The molecule has 0 amide bonds. The zero-order valence-electron chi connectivity index (χ0n) is 5.55. The first-order valence-corrected chi connectivity index (χ1v) is 3.33. The lowest BCUT2D eigenvalue weighted by molar-refractivity contribution is -0.955. The molecule has 0 radical (unpaired) electrons. The van der Waals surface area contributed by atoms with Crippen molar-refractivity contribution in [2.45, 2.75) is 19.4 Å². The van der Waals surface area contributed by atoms with E-state index in [4.69, 9.17) is 5.11 Å². The van der Waals surface area contributed by atoms with Crippen LogP contribution in [0.1, 0.15) is 13.3 Å². The average molecular weight is 130 g/mol. The highest BCUT2D eigenvalue weighted by molar-refractivity contribution is 5.72. The van der Waals surface area contributed by atoms with Crippen LogP contribution in [0.25, 0.3) is 0 Å². The number of rotatable bonds is 2. The van der Waals surface area contributed by atoms with E-state index >= 15 is 0 Å². The summed E-state index contributed by atoms with van der Waals surface area (Å²) in [6.45, 7) is 3.99. The fraction of sp³-hybridized carbons (Fsp3) is 0.833. The van der Waals surface area contributed by atoms with E-state index in [1.807, 2.05) is 6.92 Å². The summed E-state index contributed by atoms with van der Waals surface area (Å²) in [5, 5.41) is 8.51. The average Bonchev–Trinajstić information content (AvgIpc) is 1.61. The molecule has 52 valence electrons. The van der Waals surface area contributed by atoms with Crippen LogP contribution in [-0.4, -0.2) is 30.2 Å². The van der Waals surface area contributed by atoms with Crippen molar-refractivity contribution in [2.24, 2.45) is 0 Å². The van der Waals surface area contributed by atoms with E-state index in [0.717, 1.165) is 19.5 Å². The zero-order chi connectivity index (χ0) is 6.85. The molecule has 1 aliphatic heterocycles. The Morgan fingerprint density at radius 1 is 1.89 bits per heavy atom. The van der Waals surface area contributed by atoms with Crippen molar-refractivity contribution in [2.75, 3.05) is 13.1 Å². The molecule has 0 saturated carbocycles. The summed E-state index contributed by atoms with van der Waals surface area (Å²) in [6.07, 6.45) is 0.860. The van der Waals surface area contributed by atoms with Gasteiger partial charge in [0.05, 0.1) is 19.5 Å². The van der Waals surface area contributed by atoms with E-state index in [-0.39, 0.29) is 6.04 Å². The standard InChI is InChI=1S/C6H11NO2/c1-2-7-4-3-5(7)6(8)9/h5H,2-4H2,1H3,(H,8,9)/p+1. The summed E-state index contributed by atoms with van der Waals surface area (Å²) in [5.74, 6) is -0.641. The number of carboxylic acid groups (broad SMARTS) is 1. The van der Waals surface area contributed by atoms with Gasteiger partial charge in [-0.25, -0.2) is 4.79 Å². The van der Waals surface area contributed by atoms with Crippen LogP contribution in [-0.2, 0) is 4.79 Å². The normalized spacial score (nSPS) is 33.4. The summed E-state index contributed by atoms with van der Waals surface area (Å²) >= 11 is 0. The molecule has 1 fully saturated rings. The minimum Gasteiger partial charge on any atom is -0.477 e. The Morgan fingerprint density at radius 3 is 2.67 bits per heavy atom. The second-order valence-corrected chi connectivity index (χ2v) is 2.44. The van der Waals surface area contributed by atoms with Crippen molar-refractivity contribution in [1.82, 2.24) is 0 Å². The predicted molar refractivity (Wildman–Crippen MR) is 32.4 cm³/mol. The van der Waals surface area contributed by atoms with Crippen molar-refractivity contribution in [3.05, 3.63) is 0 Å². The van der Waals surface area contributed by atoms with Gasteiger partial charge in [0.2, 0.25) is 0 Å². The number of likely N-dealkylation sites (tertiary alicyclic amines) is 1. The lowest BCUT2D eigenvalue weighted by Gasteiger charge is -2.32. The van der Waals surface area contributed by atoms with Gasteiger partial charge in [0.15, 0.2) is 6.04 Å². The maximum atomic E-state index is 10.3. The van der Waals surface area contributed by atoms with Crippen LogP contribution in [0, 0.1) is 0 Å². The third-order valence-electron chi connectivity index (χ3n) is 2.00. The zero-order valence-corrected chi connectivity index (χ0v) is 5.55. The van der Waals surface area contributed by atoms with Gasteiger partial charge in [0.1, 0.15) is 0 Å². The van der Waals surface area contributed by atoms with Gasteiger partial charge in [-0.2, -0.15) is 0 Å². The largest absolute Gasteiger partial charge is 0.477 e. The quantitative estimate of drug-likeness (QED) is 0.490. The second kappa shape index (κ2) is 2.35. The van der Waals surface area contributed by atoms with Crippen molar-refractivity contribution >= 4 is 5.97 Å². The molecule has 2 atom stereocenters. The lowest BCUT2D eigenvalue weighted by Crippen LogP contribution is -3.22. The second-order valence-electron chi connectivity index (χ2n) is 2.44. The van der Waals surface area contributed by atoms with E-state index in [0.29, 0.717) is 0 Å². The number of aliphatic carboxylic acids is 1. The molecule has 9 heavy (non-hydrogen) atoms. The van der Waals surface area contributed by atoms with Gasteiger partial charge in [-0.1, -0.05) is 0 Å². The minimum absolute atomic E-state index is 0.102. The van der Waals surface area contributed by atoms with Crippen LogP contribution >= 0.6 is 0 Å². The molecule has 0 bridgehead atoms. The Bertz CT molecular complexity index is 122. The van der Waals surface area contributed by atoms with E-state index in [2.05, 4.69) is 0 Å². The Hall–Kier alpha value is -0.570.